The number of aliphatic hydroxyl groups excluding tert-OH is 2. The van der Waals surface area contributed by atoms with Crippen LogP contribution in [0.5, 0.6) is 0 Å². The van der Waals surface area contributed by atoms with Crippen LogP contribution in [0.1, 0.15) is 19.8 Å². The quantitative estimate of drug-likeness (QED) is 0.587. The van der Waals surface area contributed by atoms with E-state index in [1.54, 1.807) is 0 Å². The lowest BCUT2D eigenvalue weighted by Crippen LogP contribution is -2.46. The molecule has 0 radical (unpaired) electrons. The van der Waals surface area contributed by atoms with Crippen molar-refractivity contribution in [1.29, 1.82) is 0 Å². The molecule has 0 saturated carbocycles. The molecule has 0 aliphatic carbocycles. The Kier molecular flexibility index (Phi) is 3.30. The maximum absolute atomic E-state index is 9.28. The second kappa shape index (κ2) is 4.04. The van der Waals surface area contributed by atoms with E-state index in [9.17, 15) is 10.2 Å². The van der Waals surface area contributed by atoms with Crippen LogP contribution in [-0.4, -0.2) is 47.0 Å². The minimum Gasteiger partial charge on any atom is -0.390 e. The number of hydrogen-bond acceptors (Lipinski definition) is 3. The first kappa shape index (κ1) is 8.97. The van der Waals surface area contributed by atoms with Gasteiger partial charge in [0.25, 0.3) is 0 Å². The minimum atomic E-state index is -0.532. The monoisotopic (exact) mass is 159 g/mol. The molecule has 1 aliphatic rings. The van der Waals surface area contributed by atoms with Gasteiger partial charge in [0.1, 0.15) is 0 Å². The Morgan fingerprint density at radius 3 is 2.64 bits per heavy atom. The molecule has 2 N–H and O–H groups in total. The van der Waals surface area contributed by atoms with Crippen LogP contribution in [-0.2, 0) is 0 Å². The van der Waals surface area contributed by atoms with E-state index in [2.05, 4.69) is 11.8 Å². The number of nitrogens with zero attached hydrogens (tertiary/aromatic N) is 1. The molecule has 3 nitrogen and oxygen atoms in total. The van der Waals surface area contributed by atoms with E-state index in [-0.39, 0.29) is 0 Å². The van der Waals surface area contributed by atoms with Crippen LogP contribution in [0.15, 0.2) is 0 Å². The van der Waals surface area contributed by atoms with Crippen molar-refractivity contribution >= 4 is 0 Å². The van der Waals surface area contributed by atoms with Gasteiger partial charge in [-0.05, 0) is 19.4 Å². The second-order valence-electron chi connectivity index (χ2n) is 3.22. The average molecular weight is 159 g/mol. The van der Waals surface area contributed by atoms with Crippen molar-refractivity contribution in [1.82, 2.24) is 4.90 Å². The predicted octanol–water partition coefficient (Wildman–Crippen LogP) is -0.176. The van der Waals surface area contributed by atoms with Crippen LogP contribution in [0, 0.1) is 0 Å². The summed E-state index contributed by atoms with van der Waals surface area (Å²) in [5.74, 6) is 0. The molecule has 1 rings (SSSR count). The lowest BCUT2D eigenvalue weighted by Gasteiger charge is -2.32. The molecule has 0 bridgehead atoms. The summed E-state index contributed by atoms with van der Waals surface area (Å²) in [4.78, 5) is 2.19. The molecule has 1 heterocycles. The third kappa shape index (κ3) is 2.43. The summed E-state index contributed by atoms with van der Waals surface area (Å²) in [6.45, 7) is 4.71. The molecule has 1 saturated heterocycles. The van der Waals surface area contributed by atoms with Gasteiger partial charge in [0.15, 0.2) is 0 Å². The van der Waals surface area contributed by atoms with Gasteiger partial charge in [0, 0.05) is 13.1 Å². The Balaban J connectivity index is 2.28. The zero-order valence-electron chi connectivity index (χ0n) is 7.03. The van der Waals surface area contributed by atoms with Crippen molar-refractivity contribution in [3.8, 4) is 0 Å². The first-order valence-electron chi connectivity index (χ1n) is 4.32. The molecule has 0 aromatic carbocycles. The third-order valence-electron chi connectivity index (χ3n) is 2.17. The molecule has 3 heteroatoms. The SMILES string of the molecule is CCCN1CCC(O)C(O)C1. The van der Waals surface area contributed by atoms with E-state index < -0.39 is 12.2 Å². The van der Waals surface area contributed by atoms with Crippen molar-refractivity contribution in [2.45, 2.75) is 32.0 Å². The van der Waals surface area contributed by atoms with Crippen molar-refractivity contribution in [3.63, 3.8) is 0 Å². The van der Waals surface area contributed by atoms with E-state index in [4.69, 9.17) is 0 Å². The first-order chi connectivity index (χ1) is 5.24. The highest BCUT2D eigenvalue weighted by molar-refractivity contribution is 4.78. The molecule has 1 aliphatic heterocycles. The molecule has 66 valence electrons. The van der Waals surface area contributed by atoms with Gasteiger partial charge in [0.05, 0.1) is 12.2 Å². The third-order valence-corrected chi connectivity index (χ3v) is 2.17. The summed E-state index contributed by atoms with van der Waals surface area (Å²) in [6.07, 6.45) is 0.794. The van der Waals surface area contributed by atoms with Gasteiger partial charge in [-0.3, -0.25) is 0 Å². The summed E-state index contributed by atoms with van der Waals surface area (Å²) < 4.78 is 0. The van der Waals surface area contributed by atoms with Crippen LogP contribution in [0.4, 0.5) is 0 Å². The van der Waals surface area contributed by atoms with Crippen molar-refractivity contribution in [2.24, 2.45) is 0 Å². The fourth-order valence-electron chi connectivity index (χ4n) is 1.50. The molecule has 0 amide bonds. The molecule has 1 fully saturated rings. The van der Waals surface area contributed by atoms with Gasteiger partial charge in [-0.15, -0.1) is 0 Å². The molecule has 2 atom stereocenters. The summed E-state index contributed by atoms with van der Waals surface area (Å²) in [5.41, 5.74) is 0. The summed E-state index contributed by atoms with van der Waals surface area (Å²) in [6, 6.07) is 0. The van der Waals surface area contributed by atoms with E-state index >= 15 is 0 Å². The van der Waals surface area contributed by atoms with Gasteiger partial charge in [-0.2, -0.15) is 0 Å². The Morgan fingerprint density at radius 2 is 2.09 bits per heavy atom. The number of β-amino-alcohol motifs (C(OH)–C–C–N with tert-alkyl or cyclic N) is 1. The largest absolute Gasteiger partial charge is 0.390 e. The number of hydrogen-bond donors (Lipinski definition) is 2. The van der Waals surface area contributed by atoms with E-state index in [1.165, 1.54) is 0 Å². The van der Waals surface area contributed by atoms with Crippen molar-refractivity contribution in [3.05, 3.63) is 0 Å². The van der Waals surface area contributed by atoms with Gasteiger partial charge in [-0.25, -0.2) is 0 Å². The molecular formula is C8H17NO2. The van der Waals surface area contributed by atoms with Gasteiger partial charge in [-0.1, -0.05) is 6.92 Å². The lowest BCUT2D eigenvalue weighted by molar-refractivity contribution is -0.0381. The van der Waals surface area contributed by atoms with Crippen LogP contribution >= 0.6 is 0 Å². The number of piperidine rings is 1. The maximum atomic E-state index is 9.28. The Bertz CT molecular complexity index is 119. The molecule has 0 aromatic heterocycles. The zero-order chi connectivity index (χ0) is 8.27. The standard InChI is InChI=1S/C8H17NO2/c1-2-4-9-5-3-7(10)8(11)6-9/h7-8,10-11H,2-6H2,1H3. The van der Waals surface area contributed by atoms with Gasteiger partial charge >= 0.3 is 0 Å². The first-order valence-corrected chi connectivity index (χ1v) is 4.32. The minimum absolute atomic E-state index is 0.497. The smallest absolute Gasteiger partial charge is 0.0926 e. The highest BCUT2D eigenvalue weighted by Gasteiger charge is 2.24. The summed E-state index contributed by atoms with van der Waals surface area (Å²) in [7, 11) is 0. The molecule has 0 spiro atoms. The highest BCUT2D eigenvalue weighted by Crippen LogP contribution is 2.10. The lowest BCUT2D eigenvalue weighted by atomic mass is 10.1. The van der Waals surface area contributed by atoms with Gasteiger partial charge in [0.2, 0.25) is 0 Å². The molecule has 0 aromatic rings. The second-order valence-corrected chi connectivity index (χ2v) is 3.22. The Labute approximate surface area is 67.6 Å². The predicted molar refractivity (Wildman–Crippen MR) is 43.4 cm³/mol. The normalized spacial score (nSPS) is 34.1. The fraction of sp³-hybridized carbons (Fsp3) is 1.00. The zero-order valence-corrected chi connectivity index (χ0v) is 7.03. The van der Waals surface area contributed by atoms with E-state index in [0.717, 1.165) is 19.5 Å². The topological polar surface area (TPSA) is 43.7 Å². The molecule has 11 heavy (non-hydrogen) atoms. The van der Waals surface area contributed by atoms with E-state index in [0.29, 0.717) is 13.0 Å². The maximum Gasteiger partial charge on any atom is 0.0926 e. The average Bonchev–Trinajstić information content (AvgIpc) is 1.98. The summed E-state index contributed by atoms with van der Waals surface area (Å²) >= 11 is 0. The number of aliphatic hydroxyl groups is 2. The van der Waals surface area contributed by atoms with Crippen LogP contribution in [0.2, 0.25) is 0 Å². The van der Waals surface area contributed by atoms with Crippen molar-refractivity contribution in [2.75, 3.05) is 19.6 Å². The fourth-order valence-corrected chi connectivity index (χ4v) is 1.50. The summed E-state index contributed by atoms with van der Waals surface area (Å²) in [5, 5.41) is 18.5. The van der Waals surface area contributed by atoms with Crippen LogP contribution in [0.25, 0.3) is 0 Å². The Hall–Kier alpha value is -0.120. The van der Waals surface area contributed by atoms with E-state index in [1.807, 2.05) is 0 Å². The Morgan fingerprint density at radius 1 is 1.36 bits per heavy atom. The number of rotatable bonds is 2. The van der Waals surface area contributed by atoms with Gasteiger partial charge < -0.3 is 15.1 Å². The number of likely N-dealkylation sites (tertiary alicyclic amines) is 1. The molecular weight excluding hydrogens is 142 g/mol. The van der Waals surface area contributed by atoms with Crippen LogP contribution in [0.3, 0.4) is 0 Å². The van der Waals surface area contributed by atoms with Crippen LogP contribution < -0.4 is 0 Å². The van der Waals surface area contributed by atoms with Crippen molar-refractivity contribution < 1.29 is 10.2 Å². The highest BCUT2D eigenvalue weighted by atomic mass is 16.3. The molecule has 2 unspecified atom stereocenters.